The number of hydrogen-bond donors (Lipinski definition) is 0. The van der Waals surface area contributed by atoms with Crippen LogP contribution in [0.5, 0.6) is 5.75 Å². The summed E-state index contributed by atoms with van der Waals surface area (Å²) in [5.74, 6) is -0.135. The number of halogens is 5. The zero-order chi connectivity index (χ0) is 23.2. The molecule has 0 aromatic heterocycles. The topological polar surface area (TPSA) is 12.5 Å². The third-order valence-corrected chi connectivity index (χ3v) is 6.89. The van der Waals surface area contributed by atoms with Crippen LogP contribution < -0.4 is 9.64 Å². The van der Waals surface area contributed by atoms with Crippen molar-refractivity contribution in [3.63, 3.8) is 0 Å². The highest BCUT2D eigenvalue weighted by Crippen LogP contribution is 2.55. The second-order valence-electron chi connectivity index (χ2n) is 8.35. The predicted molar refractivity (Wildman–Crippen MR) is 125 cm³/mol. The van der Waals surface area contributed by atoms with E-state index in [4.69, 9.17) is 23.2 Å². The number of anilines is 1. The van der Waals surface area contributed by atoms with Crippen LogP contribution in [-0.2, 0) is 6.54 Å². The van der Waals surface area contributed by atoms with Crippen molar-refractivity contribution in [2.24, 2.45) is 5.92 Å². The molecule has 3 aromatic carbocycles. The quantitative estimate of drug-likeness (QED) is 0.341. The van der Waals surface area contributed by atoms with Crippen LogP contribution in [0.15, 0.2) is 78.9 Å². The van der Waals surface area contributed by atoms with Crippen molar-refractivity contribution >= 4 is 28.9 Å². The summed E-state index contributed by atoms with van der Waals surface area (Å²) in [6.07, 6.45) is 0.233. The zero-order valence-electron chi connectivity index (χ0n) is 17.4. The molecule has 0 fully saturated rings. The number of allylic oxidation sites excluding steroid dienone is 2. The minimum atomic E-state index is -4.74. The smallest absolute Gasteiger partial charge is 0.406 e. The van der Waals surface area contributed by atoms with Gasteiger partial charge in [-0.25, -0.2) is 0 Å². The molecule has 3 aromatic rings. The Balaban J connectivity index is 1.65. The summed E-state index contributed by atoms with van der Waals surface area (Å²) in [6, 6.07) is 20.1. The van der Waals surface area contributed by atoms with Crippen molar-refractivity contribution in [3.05, 3.63) is 106 Å². The normalized spacial score (nSPS) is 21.6. The Bertz CT molecular complexity index is 1200. The Kier molecular flexibility index (Phi) is 5.79. The van der Waals surface area contributed by atoms with Gasteiger partial charge in [-0.2, -0.15) is 0 Å². The Hall–Kier alpha value is -2.63. The van der Waals surface area contributed by atoms with Gasteiger partial charge in [0, 0.05) is 28.2 Å². The fourth-order valence-electron chi connectivity index (χ4n) is 5.07. The van der Waals surface area contributed by atoms with E-state index in [1.54, 1.807) is 12.1 Å². The minimum Gasteiger partial charge on any atom is -0.406 e. The molecular formula is C26H20Cl2F3NO. The fourth-order valence-corrected chi connectivity index (χ4v) is 5.59. The molecule has 0 bridgehead atoms. The average Bonchev–Trinajstić information content (AvgIpc) is 3.24. The Labute approximate surface area is 200 Å². The third kappa shape index (κ3) is 4.44. The SMILES string of the molecule is FC(F)(F)Oc1ccc2c(c1)C1C=CCC1C(c1ccc(Cl)cc1Cl)N2Cc1ccccc1. The number of hydrogen-bond acceptors (Lipinski definition) is 2. The predicted octanol–water partition coefficient (Wildman–Crippen LogP) is 8.31. The van der Waals surface area contributed by atoms with Crippen LogP contribution in [0.25, 0.3) is 0 Å². The highest BCUT2D eigenvalue weighted by atomic mass is 35.5. The van der Waals surface area contributed by atoms with E-state index in [2.05, 4.69) is 21.8 Å². The van der Waals surface area contributed by atoms with Crippen molar-refractivity contribution in [1.29, 1.82) is 0 Å². The maximum absolute atomic E-state index is 12.9. The molecule has 0 amide bonds. The van der Waals surface area contributed by atoms with Gasteiger partial charge < -0.3 is 9.64 Å². The Morgan fingerprint density at radius 2 is 1.73 bits per heavy atom. The summed E-state index contributed by atoms with van der Waals surface area (Å²) in [6.45, 7) is 0.583. The lowest BCUT2D eigenvalue weighted by molar-refractivity contribution is -0.274. The molecule has 2 aliphatic rings. The molecule has 2 nitrogen and oxygen atoms in total. The van der Waals surface area contributed by atoms with Crippen LogP contribution in [0, 0.1) is 5.92 Å². The average molecular weight is 490 g/mol. The van der Waals surface area contributed by atoms with Crippen molar-refractivity contribution in [2.75, 3.05) is 4.90 Å². The number of ether oxygens (including phenoxy) is 1. The van der Waals surface area contributed by atoms with E-state index in [0.29, 0.717) is 16.6 Å². The van der Waals surface area contributed by atoms with Gasteiger partial charge in [0.25, 0.3) is 0 Å². The lowest BCUT2D eigenvalue weighted by atomic mass is 9.75. The molecule has 0 saturated carbocycles. The van der Waals surface area contributed by atoms with Crippen LogP contribution in [0.4, 0.5) is 18.9 Å². The third-order valence-electron chi connectivity index (χ3n) is 6.33. The summed E-state index contributed by atoms with van der Waals surface area (Å²) in [5, 5.41) is 1.14. The van der Waals surface area contributed by atoms with Gasteiger partial charge in [0.05, 0.1) is 6.04 Å². The van der Waals surface area contributed by atoms with Gasteiger partial charge in [0.2, 0.25) is 0 Å². The van der Waals surface area contributed by atoms with Gasteiger partial charge in [-0.3, -0.25) is 0 Å². The van der Waals surface area contributed by atoms with Gasteiger partial charge >= 0.3 is 6.36 Å². The summed E-state index contributed by atoms with van der Waals surface area (Å²) >= 11 is 12.8. The first-order valence-corrected chi connectivity index (χ1v) is 11.4. The van der Waals surface area contributed by atoms with E-state index >= 15 is 0 Å². The fraction of sp³-hybridized carbons (Fsp3) is 0.231. The van der Waals surface area contributed by atoms with Gasteiger partial charge in [0.15, 0.2) is 0 Å². The number of fused-ring (bicyclic) bond motifs is 3. The lowest BCUT2D eigenvalue weighted by Gasteiger charge is -2.46. The van der Waals surface area contributed by atoms with Crippen LogP contribution in [0.1, 0.15) is 35.1 Å². The van der Waals surface area contributed by atoms with E-state index < -0.39 is 6.36 Å². The van der Waals surface area contributed by atoms with Gasteiger partial charge in [0.1, 0.15) is 5.75 Å². The zero-order valence-corrected chi connectivity index (χ0v) is 18.9. The van der Waals surface area contributed by atoms with Gasteiger partial charge in [-0.1, -0.05) is 71.8 Å². The monoisotopic (exact) mass is 489 g/mol. The van der Waals surface area contributed by atoms with Crippen molar-refractivity contribution in [1.82, 2.24) is 0 Å². The molecule has 0 N–H and O–H groups in total. The molecule has 0 saturated heterocycles. The summed E-state index contributed by atoms with van der Waals surface area (Å²) < 4.78 is 42.9. The molecule has 5 rings (SSSR count). The molecule has 1 aliphatic carbocycles. The summed E-state index contributed by atoms with van der Waals surface area (Å²) in [4.78, 5) is 2.24. The summed E-state index contributed by atoms with van der Waals surface area (Å²) in [7, 11) is 0. The molecule has 0 radical (unpaired) electrons. The Morgan fingerprint density at radius 3 is 2.45 bits per heavy atom. The van der Waals surface area contributed by atoms with Crippen LogP contribution in [0.3, 0.4) is 0 Å². The first-order valence-electron chi connectivity index (χ1n) is 10.6. The standard InChI is InChI=1S/C26H20Cl2F3NO/c27-17-9-11-21(23(28)13-17)25-20-8-4-7-19(20)22-14-18(33-26(29,30)31)10-12-24(22)32(25)15-16-5-2-1-3-6-16/h1-7,9-14,19-20,25H,8,15H2. The van der Waals surface area contributed by atoms with Gasteiger partial charge in [-0.15, -0.1) is 13.2 Å². The highest BCUT2D eigenvalue weighted by Gasteiger charge is 2.43. The van der Waals surface area contributed by atoms with Crippen LogP contribution in [0.2, 0.25) is 10.0 Å². The van der Waals surface area contributed by atoms with Gasteiger partial charge in [-0.05, 0) is 59.4 Å². The molecule has 33 heavy (non-hydrogen) atoms. The molecule has 3 unspecified atom stereocenters. The molecule has 0 spiro atoms. The molecule has 1 heterocycles. The Morgan fingerprint density at radius 1 is 0.939 bits per heavy atom. The van der Waals surface area contributed by atoms with E-state index in [1.807, 2.05) is 42.5 Å². The second-order valence-corrected chi connectivity index (χ2v) is 9.19. The first-order chi connectivity index (χ1) is 15.8. The van der Waals surface area contributed by atoms with Crippen molar-refractivity contribution in [2.45, 2.75) is 31.3 Å². The van der Waals surface area contributed by atoms with E-state index in [0.717, 1.165) is 28.8 Å². The molecular weight excluding hydrogens is 470 g/mol. The van der Waals surface area contributed by atoms with E-state index in [1.165, 1.54) is 12.1 Å². The lowest BCUT2D eigenvalue weighted by Crippen LogP contribution is -2.39. The minimum absolute atomic E-state index is 0.0412. The summed E-state index contributed by atoms with van der Waals surface area (Å²) in [5.41, 5.74) is 3.75. The number of alkyl halides is 3. The van der Waals surface area contributed by atoms with E-state index in [-0.39, 0.29) is 23.6 Å². The number of nitrogens with zero attached hydrogens (tertiary/aromatic N) is 1. The number of benzene rings is 3. The largest absolute Gasteiger partial charge is 0.573 e. The molecule has 170 valence electrons. The van der Waals surface area contributed by atoms with Crippen molar-refractivity contribution in [3.8, 4) is 5.75 Å². The second kappa shape index (κ2) is 8.62. The number of rotatable bonds is 4. The highest BCUT2D eigenvalue weighted by molar-refractivity contribution is 6.35. The molecule has 7 heteroatoms. The first kappa shape index (κ1) is 22.2. The molecule has 3 atom stereocenters. The molecule has 1 aliphatic heterocycles. The van der Waals surface area contributed by atoms with Crippen molar-refractivity contribution < 1.29 is 17.9 Å². The maximum atomic E-state index is 12.9. The maximum Gasteiger partial charge on any atom is 0.573 e. The van der Waals surface area contributed by atoms with Crippen LogP contribution in [-0.4, -0.2) is 6.36 Å². The van der Waals surface area contributed by atoms with Crippen LogP contribution >= 0.6 is 23.2 Å². The van der Waals surface area contributed by atoms with E-state index in [9.17, 15) is 13.2 Å².